The molecule has 2 heterocycles. The smallest absolute Gasteiger partial charge is 0.326 e. The van der Waals surface area contributed by atoms with Crippen LogP contribution in [-0.2, 0) is 4.79 Å². The van der Waals surface area contributed by atoms with Gasteiger partial charge in [0, 0.05) is 12.1 Å². The zero-order valence-electron chi connectivity index (χ0n) is 11.6. The highest BCUT2D eigenvalue weighted by molar-refractivity contribution is 5.99. The average Bonchev–Trinajstić information content (AvgIpc) is 2.93. The van der Waals surface area contributed by atoms with Gasteiger partial charge in [-0.2, -0.15) is 15.4 Å². The molecule has 2 unspecified atom stereocenters. The minimum absolute atomic E-state index is 0.0454. The summed E-state index contributed by atoms with van der Waals surface area (Å²) in [6, 6.07) is 4.24. The highest BCUT2D eigenvalue weighted by atomic mass is 16.4. The third-order valence-corrected chi connectivity index (χ3v) is 4.01. The van der Waals surface area contributed by atoms with Gasteiger partial charge in [0.1, 0.15) is 17.1 Å². The van der Waals surface area contributed by atoms with Crippen LogP contribution >= 0.6 is 0 Å². The van der Waals surface area contributed by atoms with Gasteiger partial charge < -0.3 is 10.0 Å². The van der Waals surface area contributed by atoms with Crippen LogP contribution in [0.1, 0.15) is 30.1 Å². The Morgan fingerprint density at radius 2 is 2.10 bits per heavy atom. The van der Waals surface area contributed by atoms with Crippen molar-refractivity contribution in [1.82, 2.24) is 20.3 Å². The number of hydrogen-bond donors (Lipinski definition) is 2. The molecule has 1 amide bonds. The van der Waals surface area contributed by atoms with Crippen LogP contribution in [0.3, 0.4) is 0 Å². The highest BCUT2D eigenvalue weighted by Gasteiger charge is 2.37. The van der Waals surface area contributed by atoms with Crippen LogP contribution in [0.15, 0.2) is 18.2 Å². The number of aliphatic carboxylic acids is 1. The number of aromatic nitrogens is 3. The van der Waals surface area contributed by atoms with Crippen LogP contribution in [0, 0.1) is 5.92 Å². The quantitative estimate of drug-likeness (QED) is 0.867. The first-order valence-electron chi connectivity index (χ1n) is 6.92. The molecule has 2 atom stereocenters. The summed E-state index contributed by atoms with van der Waals surface area (Å²) in [4.78, 5) is 25.5. The summed E-state index contributed by atoms with van der Waals surface area (Å²) in [6.45, 7) is 2.34. The Labute approximate surface area is 120 Å². The topological polar surface area (TPSA) is 99.2 Å². The maximum atomic E-state index is 12.6. The Morgan fingerprint density at radius 1 is 1.33 bits per heavy atom. The van der Waals surface area contributed by atoms with Gasteiger partial charge >= 0.3 is 5.97 Å². The zero-order chi connectivity index (χ0) is 15.0. The predicted molar refractivity (Wildman–Crippen MR) is 74.7 cm³/mol. The summed E-state index contributed by atoms with van der Waals surface area (Å²) in [6.07, 6.45) is 1.64. The van der Waals surface area contributed by atoms with E-state index in [0.717, 1.165) is 12.8 Å². The maximum absolute atomic E-state index is 12.6. The van der Waals surface area contributed by atoms with Crippen molar-refractivity contribution in [3.63, 3.8) is 0 Å². The Kier molecular flexibility index (Phi) is 3.32. The van der Waals surface area contributed by atoms with Crippen molar-refractivity contribution < 1.29 is 14.7 Å². The number of likely N-dealkylation sites (tertiary alicyclic amines) is 1. The van der Waals surface area contributed by atoms with Crippen LogP contribution in [0.2, 0.25) is 0 Å². The largest absolute Gasteiger partial charge is 0.480 e. The standard InChI is InChI=1S/C14H16N4O3/c1-8-3-2-6-18(12(8)14(20)21)13(19)9-4-5-10-11(7-9)16-17-15-10/h4-5,7-8,12H,2-3,6H2,1H3,(H,20,21)(H,15,16,17). The molecule has 7 nitrogen and oxygen atoms in total. The normalized spacial score (nSPS) is 22.4. The first-order valence-corrected chi connectivity index (χ1v) is 6.92. The number of amides is 1. The van der Waals surface area contributed by atoms with Gasteiger partial charge in [-0.05, 0) is 37.0 Å². The third kappa shape index (κ3) is 2.35. The van der Waals surface area contributed by atoms with E-state index in [1.807, 2.05) is 6.92 Å². The van der Waals surface area contributed by atoms with E-state index in [1.54, 1.807) is 18.2 Å². The van der Waals surface area contributed by atoms with E-state index in [-0.39, 0.29) is 11.8 Å². The van der Waals surface area contributed by atoms with Crippen LogP contribution in [0.5, 0.6) is 0 Å². The summed E-state index contributed by atoms with van der Waals surface area (Å²) in [5, 5.41) is 19.8. The fraction of sp³-hybridized carbons (Fsp3) is 0.429. The molecule has 7 heteroatoms. The van der Waals surface area contributed by atoms with E-state index in [0.29, 0.717) is 23.1 Å². The maximum Gasteiger partial charge on any atom is 0.326 e. The number of rotatable bonds is 2. The molecule has 1 fully saturated rings. The molecule has 1 saturated heterocycles. The summed E-state index contributed by atoms with van der Waals surface area (Å²) in [5.74, 6) is -1.26. The van der Waals surface area contributed by atoms with Gasteiger partial charge in [-0.3, -0.25) is 4.79 Å². The molecule has 2 aromatic rings. The van der Waals surface area contributed by atoms with E-state index in [1.165, 1.54) is 4.90 Å². The monoisotopic (exact) mass is 288 g/mol. The number of hydrogen-bond acceptors (Lipinski definition) is 4. The predicted octanol–water partition coefficient (Wildman–Crippen LogP) is 1.28. The van der Waals surface area contributed by atoms with Crippen molar-refractivity contribution in [1.29, 1.82) is 0 Å². The lowest BCUT2D eigenvalue weighted by Gasteiger charge is -2.37. The van der Waals surface area contributed by atoms with E-state index in [4.69, 9.17) is 0 Å². The van der Waals surface area contributed by atoms with Crippen molar-refractivity contribution >= 4 is 22.9 Å². The second-order valence-corrected chi connectivity index (χ2v) is 5.43. The Bertz CT molecular complexity index is 696. The molecule has 0 saturated carbocycles. The average molecular weight is 288 g/mol. The van der Waals surface area contributed by atoms with Crippen molar-refractivity contribution in [2.45, 2.75) is 25.8 Å². The van der Waals surface area contributed by atoms with Crippen molar-refractivity contribution in [2.75, 3.05) is 6.54 Å². The van der Waals surface area contributed by atoms with Crippen molar-refractivity contribution in [3.8, 4) is 0 Å². The fourth-order valence-electron chi connectivity index (χ4n) is 2.93. The number of benzene rings is 1. The molecular weight excluding hydrogens is 272 g/mol. The number of H-pyrrole nitrogens is 1. The number of carbonyl (C=O) groups excluding carboxylic acids is 1. The molecule has 0 bridgehead atoms. The molecule has 3 rings (SSSR count). The number of nitrogens with zero attached hydrogens (tertiary/aromatic N) is 3. The van der Waals surface area contributed by atoms with Gasteiger partial charge in [-0.25, -0.2) is 4.79 Å². The SMILES string of the molecule is CC1CCCN(C(=O)c2ccc3n[nH]nc3c2)C1C(=O)O. The molecule has 21 heavy (non-hydrogen) atoms. The zero-order valence-corrected chi connectivity index (χ0v) is 11.6. The Morgan fingerprint density at radius 3 is 2.86 bits per heavy atom. The van der Waals surface area contributed by atoms with E-state index < -0.39 is 12.0 Å². The summed E-state index contributed by atoms with van der Waals surface area (Å²) >= 11 is 0. The molecular formula is C14H16N4O3. The van der Waals surface area contributed by atoms with E-state index >= 15 is 0 Å². The first-order chi connectivity index (χ1) is 10.1. The number of fused-ring (bicyclic) bond motifs is 1. The number of carboxylic acids is 1. The van der Waals surface area contributed by atoms with Crippen molar-refractivity contribution in [2.24, 2.45) is 5.92 Å². The minimum atomic E-state index is -0.946. The number of aromatic amines is 1. The van der Waals surface area contributed by atoms with Crippen LogP contribution < -0.4 is 0 Å². The molecule has 110 valence electrons. The number of carbonyl (C=O) groups is 2. The lowest BCUT2D eigenvalue weighted by molar-refractivity contribution is -0.145. The molecule has 2 N–H and O–H groups in total. The fourth-order valence-corrected chi connectivity index (χ4v) is 2.93. The van der Waals surface area contributed by atoms with Gasteiger partial charge in [-0.15, -0.1) is 0 Å². The van der Waals surface area contributed by atoms with E-state index in [2.05, 4.69) is 15.4 Å². The second kappa shape index (κ2) is 5.16. The van der Waals surface area contributed by atoms with Gasteiger partial charge in [-0.1, -0.05) is 6.92 Å². The summed E-state index contributed by atoms with van der Waals surface area (Å²) in [5.41, 5.74) is 1.71. The highest BCUT2D eigenvalue weighted by Crippen LogP contribution is 2.25. The molecule has 1 aliphatic rings. The lowest BCUT2D eigenvalue weighted by atomic mass is 9.90. The summed E-state index contributed by atoms with van der Waals surface area (Å²) < 4.78 is 0. The second-order valence-electron chi connectivity index (χ2n) is 5.43. The number of nitrogens with one attached hydrogen (secondary N) is 1. The molecule has 0 aliphatic carbocycles. The molecule has 0 spiro atoms. The Hall–Kier alpha value is -2.44. The van der Waals surface area contributed by atoms with Crippen molar-refractivity contribution in [3.05, 3.63) is 23.8 Å². The number of carboxylic acid groups (broad SMARTS) is 1. The van der Waals surface area contributed by atoms with Gasteiger partial charge in [0.15, 0.2) is 0 Å². The van der Waals surface area contributed by atoms with Crippen LogP contribution in [0.25, 0.3) is 11.0 Å². The molecule has 0 radical (unpaired) electrons. The van der Waals surface area contributed by atoms with Crippen LogP contribution in [-0.4, -0.2) is 49.9 Å². The number of piperidine rings is 1. The molecule has 1 aromatic carbocycles. The summed E-state index contributed by atoms with van der Waals surface area (Å²) in [7, 11) is 0. The van der Waals surface area contributed by atoms with E-state index in [9.17, 15) is 14.7 Å². The third-order valence-electron chi connectivity index (χ3n) is 4.01. The van der Waals surface area contributed by atoms with Crippen LogP contribution in [0.4, 0.5) is 0 Å². The van der Waals surface area contributed by atoms with Gasteiger partial charge in [0.05, 0.1) is 0 Å². The molecule has 1 aromatic heterocycles. The first kappa shape index (κ1) is 13.5. The molecule has 1 aliphatic heterocycles. The van der Waals surface area contributed by atoms with Gasteiger partial charge in [0.2, 0.25) is 0 Å². The lowest BCUT2D eigenvalue weighted by Crippen LogP contribution is -2.51. The minimum Gasteiger partial charge on any atom is -0.480 e. The van der Waals surface area contributed by atoms with Gasteiger partial charge in [0.25, 0.3) is 5.91 Å². The Balaban J connectivity index is 1.93.